The highest BCUT2D eigenvalue weighted by Crippen LogP contribution is 2.23. The van der Waals surface area contributed by atoms with E-state index in [1.54, 1.807) is 0 Å². The van der Waals surface area contributed by atoms with Gasteiger partial charge in [0.15, 0.2) is 5.82 Å². The Hall–Kier alpha value is -2.57. The van der Waals surface area contributed by atoms with Gasteiger partial charge in [-0.3, -0.25) is 0 Å². The number of benzene rings is 1. The fraction of sp³-hybridized carbons (Fsp3) is 0.316. The molecule has 0 radical (unpaired) electrons. The summed E-state index contributed by atoms with van der Waals surface area (Å²) in [4.78, 5) is 16.0. The molecule has 1 aromatic carbocycles. The van der Waals surface area contributed by atoms with Crippen LogP contribution in [0.15, 0.2) is 42.6 Å². The summed E-state index contributed by atoms with van der Waals surface area (Å²) in [5, 5.41) is 10.3. The molecular weight excluding hydrogens is 316 g/mol. The molecule has 1 aliphatic rings. The number of hydrogen-bond donors (Lipinski definition) is 1. The number of anilines is 1. The topological polar surface area (TPSA) is 71.4 Å². The van der Waals surface area contributed by atoms with Gasteiger partial charge in [-0.25, -0.2) is 15.0 Å². The van der Waals surface area contributed by atoms with Crippen LogP contribution >= 0.6 is 0 Å². The van der Waals surface area contributed by atoms with Crippen molar-refractivity contribution in [2.45, 2.75) is 13.0 Å². The van der Waals surface area contributed by atoms with Crippen molar-refractivity contribution in [3.05, 3.63) is 48.3 Å². The van der Waals surface area contributed by atoms with Gasteiger partial charge < -0.3 is 14.7 Å². The van der Waals surface area contributed by atoms with Gasteiger partial charge in [-0.1, -0.05) is 18.2 Å². The lowest BCUT2D eigenvalue weighted by atomic mass is 10.1. The number of rotatable bonds is 3. The minimum atomic E-state index is -0.151. The van der Waals surface area contributed by atoms with E-state index in [4.69, 9.17) is 4.74 Å². The minimum absolute atomic E-state index is 0.0266. The molecule has 1 unspecified atom stereocenters. The fourth-order valence-electron chi connectivity index (χ4n) is 3.11. The first kappa shape index (κ1) is 15.9. The molecule has 0 spiro atoms. The predicted octanol–water partition coefficient (Wildman–Crippen LogP) is 2.20. The van der Waals surface area contributed by atoms with Crippen molar-refractivity contribution in [1.82, 2.24) is 15.0 Å². The average Bonchev–Trinajstić information content (AvgIpc) is 2.68. The van der Waals surface area contributed by atoms with Gasteiger partial charge in [0.2, 0.25) is 0 Å². The molecule has 3 heterocycles. The van der Waals surface area contributed by atoms with E-state index in [1.807, 2.05) is 49.5 Å². The van der Waals surface area contributed by atoms with Crippen molar-refractivity contribution >= 4 is 16.7 Å². The third-order valence-electron chi connectivity index (χ3n) is 4.47. The smallest absolute Gasteiger partial charge is 0.161 e. The van der Waals surface area contributed by atoms with E-state index in [-0.39, 0.29) is 12.7 Å². The first-order chi connectivity index (χ1) is 12.2. The second-order valence-corrected chi connectivity index (χ2v) is 6.18. The van der Waals surface area contributed by atoms with Gasteiger partial charge in [0.25, 0.3) is 0 Å². The molecule has 6 heteroatoms. The lowest BCUT2D eigenvalue weighted by Crippen LogP contribution is -2.44. The van der Waals surface area contributed by atoms with Crippen LogP contribution in [0.5, 0.6) is 0 Å². The summed E-state index contributed by atoms with van der Waals surface area (Å²) >= 11 is 0. The number of fused-ring (bicyclic) bond motifs is 1. The van der Waals surface area contributed by atoms with Gasteiger partial charge in [-0.15, -0.1) is 0 Å². The average molecular weight is 336 g/mol. The molecule has 1 N–H and O–H groups in total. The number of ether oxygens (including phenoxy) is 1. The van der Waals surface area contributed by atoms with Gasteiger partial charge in [0.05, 0.1) is 24.8 Å². The number of aliphatic hydroxyl groups excluding tert-OH is 1. The molecule has 1 saturated heterocycles. The predicted molar refractivity (Wildman–Crippen MR) is 96.5 cm³/mol. The van der Waals surface area contributed by atoms with E-state index in [0.717, 1.165) is 34.5 Å². The summed E-state index contributed by atoms with van der Waals surface area (Å²) < 4.78 is 5.49. The molecule has 2 aromatic heterocycles. The molecule has 1 fully saturated rings. The van der Waals surface area contributed by atoms with Crippen molar-refractivity contribution in [2.75, 3.05) is 31.2 Å². The molecule has 1 atom stereocenters. The van der Waals surface area contributed by atoms with Crippen LogP contribution in [0, 0.1) is 6.92 Å². The summed E-state index contributed by atoms with van der Waals surface area (Å²) in [6.45, 7) is 4.04. The zero-order chi connectivity index (χ0) is 17.2. The lowest BCUT2D eigenvalue weighted by molar-refractivity contribution is 0.00336. The second-order valence-electron chi connectivity index (χ2n) is 6.18. The van der Waals surface area contributed by atoms with E-state index >= 15 is 0 Å². The molecule has 4 rings (SSSR count). The van der Waals surface area contributed by atoms with E-state index in [0.29, 0.717) is 19.0 Å². The SMILES string of the molecule is Cc1nc(-c2ccc(N3CCOC(CO)C3)nc2)nc2ccccc12. The molecule has 128 valence electrons. The standard InChI is InChI=1S/C19H20N4O2/c1-13-16-4-2-3-5-17(16)22-19(21-13)14-6-7-18(20-10-14)23-8-9-25-15(11-23)12-24/h2-7,10,15,24H,8-9,11-12H2,1H3. The van der Waals surface area contributed by atoms with E-state index in [2.05, 4.69) is 19.9 Å². The van der Waals surface area contributed by atoms with Crippen LogP contribution in [0.3, 0.4) is 0 Å². The Bertz CT molecular complexity index is 882. The number of aliphatic hydroxyl groups is 1. The number of hydrogen-bond acceptors (Lipinski definition) is 6. The Labute approximate surface area is 146 Å². The monoisotopic (exact) mass is 336 g/mol. The Morgan fingerprint density at radius 2 is 2.08 bits per heavy atom. The highest BCUT2D eigenvalue weighted by atomic mass is 16.5. The van der Waals surface area contributed by atoms with Crippen LogP contribution in [0.2, 0.25) is 0 Å². The van der Waals surface area contributed by atoms with Crippen LogP contribution in [0.1, 0.15) is 5.69 Å². The maximum absolute atomic E-state index is 9.27. The molecule has 0 saturated carbocycles. The van der Waals surface area contributed by atoms with Gasteiger partial charge >= 0.3 is 0 Å². The molecule has 25 heavy (non-hydrogen) atoms. The number of aromatic nitrogens is 3. The molecule has 0 amide bonds. The third kappa shape index (κ3) is 3.18. The highest BCUT2D eigenvalue weighted by molar-refractivity contribution is 5.82. The third-order valence-corrected chi connectivity index (χ3v) is 4.47. The van der Waals surface area contributed by atoms with Crippen LogP contribution in [0.25, 0.3) is 22.3 Å². The van der Waals surface area contributed by atoms with Crippen molar-refractivity contribution in [3.8, 4) is 11.4 Å². The van der Waals surface area contributed by atoms with Gasteiger partial charge in [0, 0.05) is 35.9 Å². The van der Waals surface area contributed by atoms with Crippen LogP contribution in [-0.2, 0) is 4.74 Å². The van der Waals surface area contributed by atoms with Gasteiger partial charge in [-0.2, -0.15) is 0 Å². The molecule has 1 aliphatic heterocycles. The first-order valence-corrected chi connectivity index (χ1v) is 8.42. The number of morpholine rings is 1. The zero-order valence-electron chi connectivity index (χ0n) is 14.1. The molecular formula is C19H20N4O2. The van der Waals surface area contributed by atoms with Crippen LogP contribution < -0.4 is 4.90 Å². The maximum atomic E-state index is 9.27. The maximum Gasteiger partial charge on any atom is 0.161 e. The summed E-state index contributed by atoms with van der Waals surface area (Å²) in [5.74, 6) is 1.56. The lowest BCUT2D eigenvalue weighted by Gasteiger charge is -2.32. The molecule has 6 nitrogen and oxygen atoms in total. The number of nitrogens with zero attached hydrogens (tertiary/aromatic N) is 4. The fourth-order valence-corrected chi connectivity index (χ4v) is 3.11. The Morgan fingerprint density at radius 1 is 1.20 bits per heavy atom. The molecule has 3 aromatic rings. The van der Waals surface area contributed by atoms with Crippen molar-refractivity contribution in [2.24, 2.45) is 0 Å². The Morgan fingerprint density at radius 3 is 2.88 bits per heavy atom. The number of para-hydroxylation sites is 1. The van der Waals surface area contributed by atoms with Crippen molar-refractivity contribution in [1.29, 1.82) is 0 Å². The minimum Gasteiger partial charge on any atom is -0.394 e. The summed E-state index contributed by atoms with van der Waals surface area (Å²) in [7, 11) is 0. The second kappa shape index (κ2) is 6.74. The molecule has 0 bridgehead atoms. The van der Waals surface area contributed by atoms with E-state index < -0.39 is 0 Å². The zero-order valence-corrected chi connectivity index (χ0v) is 14.1. The largest absolute Gasteiger partial charge is 0.394 e. The Kier molecular flexibility index (Phi) is 4.29. The normalized spacial score (nSPS) is 17.8. The van der Waals surface area contributed by atoms with Gasteiger partial charge in [0.1, 0.15) is 5.82 Å². The summed E-state index contributed by atoms with van der Waals surface area (Å²) in [6.07, 6.45) is 1.66. The van der Waals surface area contributed by atoms with E-state index in [9.17, 15) is 5.11 Å². The summed E-state index contributed by atoms with van der Waals surface area (Å²) in [6, 6.07) is 12.0. The quantitative estimate of drug-likeness (QED) is 0.791. The first-order valence-electron chi connectivity index (χ1n) is 8.42. The number of pyridine rings is 1. The van der Waals surface area contributed by atoms with Crippen molar-refractivity contribution in [3.63, 3.8) is 0 Å². The van der Waals surface area contributed by atoms with Crippen LogP contribution in [0.4, 0.5) is 5.82 Å². The Balaban J connectivity index is 1.62. The van der Waals surface area contributed by atoms with E-state index in [1.165, 1.54) is 0 Å². The molecule has 0 aliphatic carbocycles. The van der Waals surface area contributed by atoms with Gasteiger partial charge in [-0.05, 0) is 25.1 Å². The highest BCUT2D eigenvalue weighted by Gasteiger charge is 2.20. The summed E-state index contributed by atoms with van der Waals surface area (Å²) in [5.41, 5.74) is 2.79. The van der Waals surface area contributed by atoms with Crippen LogP contribution in [-0.4, -0.2) is 52.5 Å². The van der Waals surface area contributed by atoms with Crippen molar-refractivity contribution < 1.29 is 9.84 Å². The number of aryl methyl sites for hydroxylation is 1.